The van der Waals surface area contributed by atoms with Crippen molar-refractivity contribution in [3.05, 3.63) is 44.2 Å². The topological polar surface area (TPSA) is 79.5 Å². The Bertz CT molecular complexity index is 784. The number of nitrogens with one attached hydrogen (secondary N) is 1. The first-order chi connectivity index (χ1) is 9.76. The maximum Gasteiger partial charge on any atom is 0.265 e. The van der Waals surface area contributed by atoms with Gasteiger partial charge in [-0.15, -0.1) is 0 Å². The summed E-state index contributed by atoms with van der Waals surface area (Å²) in [6.45, 7) is 2.77. The van der Waals surface area contributed by atoms with Crippen molar-refractivity contribution in [2.45, 2.75) is 25.3 Å². The van der Waals surface area contributed by atoms with Crippen LogP contribution in [0.15, 0.2) is 36.5 Å². The molecule has 0 radical (unpaired) electrons. The van der Waals surface area contributed by atoms with Crippen LogP contribution in [0.3, 0.4) is 0 Å². The van der Waals surface area contributed by atoms with Gasteiger partial charge in [0.15, 0.2) is 0 Å². The Morgan fingerprint density at radius 2 is 1.90 bits per heavy atom. The number of aliphatic hydroxyl groups is 1. The molecule has 0 unspecified atom stereocenters. The predicted octanol–water partition coefficient (Wildman–Crippen LogP) is 3.71. The molecule has 0 aliphatic heterocycles. The number of sulfonamides is 1. The second-order valence-corrected chi connectivity index (χ2v) is 7.80. The van der Waals surface area contributed by atoms with Crippen LogP contribution in [-0.2, 0) is 16.6 Å². The van der Waals surface area contributed by atoms with Crippen LogP contribution in [0, 0.1) is 13.8 Å². The maximum absolute atomic E-state index is 12.6. The van der Waals surface area contributed by atoms with E-state index in [0.717, 1.165) is 4.47 Å². The minimum absolute atomic E-state index is 0.0191. The molecular weight excluding hydrogens is 426 g/mol. The Kier molecular flexibility index (Phi) is 4.82. The Morgan fingerprint density at radius 1 is 1.24 bits per heavy atom. The number of aryl methyl sites for hydroxylation is 2. The highest BCUT2D eigenvalue weighted by atomic mass is 79.9. The molecule has 1 aromatic carbocycles. The first kappa shape index (κ1) is 16.5. The summed E-state index contributed by atoms with van der Waals surface area (Å²) in [7, 11) is -3.86. The zero-order chi connectivity index (χ0) is 15.8. The Labute approximate surface area is 139 Å². The number of hydrogen-bond acceptors (Lipinski definition) is 4. The smallest absolute Gasteiger partial charge is 0.265 e. The van der Waals surface area contributed by atoms with Crippen LogP contribution in [0.5, 0.6) is 0 Å². The number of benzene rings is 1. The lowest BCUT2D eigenvalue weighted by Crippen LogP contribution is -2.15. The Balaban J connectivity index is 2.51. The van der Waals surface area contributed by atoms with E-state index in [-0.39, 0.29) is 16.2 Å². The van der Waals surface area contributed by atoms with Crippen molar-refractivity contribution in [3.63, 3.8) is 0 Å². The molecule has 2 N–H and O–H groups in total. The number of anilines is 1. The second kappa shape index (κ2) is 6.12. The minimum Gasteiger partial charge on any atom is -0.465 e. The molecule has 0 bridgehead atoms. The fourth-order valence-corrected chi connectivity index (χ4v) is 4.37. The lowest BCUT2D eigenvalue weighted by atomic mass is 10.2. The lowest BCUT2D eigenvalue weighted by Gasteiger charge is -2.10. The lowest BCUT2D eigenvalue weighted by molar-refractivity contribution is 0.276. The van der Waals surface area contributed by atoms with Crippen molar-refractivity contribution in [2.24, 2.45) is 0 Å². The summed E-state index contributed by atoms with van der Waals surface area (Å²) in [4.78, 5) is -0.0191. The third-order valence-electron chi connectivity index (χ3n) is 2.92. The molecule has 114 valence electrons. The summed E-state index contributed by atoms with van der Waals surface area (Å²) >= 11 is 6.59. The second-order valence-electron chi connectivity index (χ2n) is 4.41. The first-order valence-corrected chi connectivity index (χ1v) is 9.00. The summed E-state index contributed by atoms with van der Waals surface area (Å²) in [5.41, 5.74) is 0.664. The van der Waals surface area contributed by atoms with E-state index < -0.39 is 16.6 Å². The molecular formula is C13H13Br2NO4S. The molecule has 0 saturated carbocycles. The molecule has 5 nitrogen and oxygen atoms in total. The normalized spacial score (nSPS) is 11.7. The van der Waals surface area contributed by atoms with Crippen LogP contribution >= 0.6 is 31.9 Å². The van der Waals surface area contributed by atoms with Gasteiger partial charge in [0.25, 0.3) is 10.0 Å². The van der Waals surface area contributed by atoms with Gasteiger partial charge in [0, 0.05) is 14.5 Å². The summed E-state index contributed by atoms with van der Waals surface area (Å²) in [6, 6.07) is 5.15. The molecule has 0 fully saturated rings. The molecule has 2 rings (SSSR count). The van der Waals surface area contributed by atoms with Crippen LogP contribution in [0.1, 0.15) is 17.1 Å². The molecule has 1 aromatic heterocycles. The van der Waals surface area contributed by atoms with Gasteiger partial charge in [0.05, 0.1) is 12.3 Å². The van der Waals surface area contributed by atoms with E-state index in [1.54, 1.807) is 32.0 Å². The molecule has 21 heavy (non-hydrogen) atoms. The quantitative estimate of drug-likeness (QED) is 0.762. The van der Waals surface area contributed by atoms with Crippen molar-refractivity contribution in [1.29, 1.82) is 0 Å². The number of furan rings is 1. The highest BCUT2D eigenvalue weighted by molar-refractivity contribution is 9.11. The van der Waals surface area contributed by atoms with Gasteiger partial charge in [-0.1, -0.05) is 15.9 Å². The van der Waals surface area contributed by atoms with Gasteiger partial charge < -0.3 is 9.52 Å². The number of halogens is 2. The number of aliphatic hydroxyl groups excluding tert-OH is 1. The fourth-order valence-electron chi connectivity index (χ4n) is 2.02. The minimum atomic E-state index is -3.86. The zero-order valence-electron chi connectivity index (χ0n) is 11.3. The van der Waals surface area contributed by atoms with Gasteiger partial charge in [-0.05, 0) is 48.0 Å². The summed E-state index contributed by atoms with van der Waals surface area (Å²) in [5.74, 6) is 0.638. The molecule has 2 aromatic rings. The van der Waals surface area contributed by atoms with Crippen LogP contribution in [0.2, 0.25) is 0 Å². The highest BCUT2D eigenvalue weighted by Crippen LogP contribution is 2.32. The number of hydrogen-bond donors (Lipinski definition) is 2. The average molecular weight is 439 g/mol. The van der Waals surface area contributed by atoms with E-state index in [4.69, 9.17) is 4.42 Å². The van der Waals surface area contributed by atoms with Gasteiger partial charge in [-0.2, -0.15) is 0 Å². The standard InChI is InChI=1S/C13H13Br2NO4S/c1-7-10(6-17)13(8(2)20-7)21(18,19)16-12-5-9(14)3-4-11(12)15/h3-5,16-17H,6H2,1-2H3. The Hall–Kier alpha value is -0.830. The van der Waals surface area contributed by atoms with E-state index in [0.29, 0.717) is 15.9 Å². The molecule has 0 spiro atoms. The number of rotatable bonds is 4. The Morgan fingerprint density at radius 3 is 2.52 bits per heavy atom. The van der Waals surface area contributed by atoms with Crippen molar-refractivity contribution >= 4 is 47.6 Å². The molecule has 0 aliphatic rings. The summed E-state index contributed by atoms with van der Waals surface area (Å²) in [6.07, 6.45) is 0. The van der Waals surface area contributed by atoms with Gasteiger partial charge in [-0.25, -0.2) is 8.42 Å². The van der Waals surface area contributed by atoms with Gasteiger partial charge in [0.1, 0.15) is 16.4 Å². The van der Waals surface area contributed by atoms with Crippen molar-refractivity contribution in [3.8, 4) is 0 Å². The first-order valence-electron chi connectivity index (χ1n) is 5.94. The summed E-state index contributed by atoms with van der Waals surface area (Å²) in [5, 5.41) is 9.37. The van der Waals surface area contributed by atoms with Crippen LogP contribution in [0.4, 0.5) is 5.69 Å². The highest BCUT2D eigenvalue weighted by Gasteiger charge is 2.27. The molecule has 0 atom stereocenters. The fraction of sp³-hybridized carbons (Fsp3) is 0.231. The third kappa shape index (κ3) is 3.33. The monoisotopic (exact) mass is 437 g/mol. The zero-order valence-corrected chi connectivity index (χ0v) is 15.3. The SMILES string of the molecule is Cc1oc(C)c(S(=O)(=O)Nc2cc(Br)ccc2Br)c1CO. The van der Waals surface area contributed by atoms with E-state index in [1.807, 2.05) is 0 Å². The van der Waals surface area contributed by atoms with Crippen molar-refractivity contribution in [1.82, 2.24) is 0 Å². The van der Waals surface area contributed by atoms with Gasteiger partial charge >= 0.3 is 0 Å². The van der Waals surface area contributed by atoms with E-state index in [2.05, 4.69) is 36.6 Å². The van der Waals surface area contributed by atoms with E-state index in [1.165, 1.54) is 0 Å². The molecule has 0 amide bonds. The maximum atomic E-state index is 12.6. The third-order valence-corrected chi connectivity index (χ3v) is 5.67. The molecule has 0 aliphatic carbocycles. The van der Waals surface area contributed by atoms with Crippen molar-refractivity contribution in [2.75, 3.05) is 4.72 Å². The average Bonchev–Trinajstić information content (AvgIpc) is 2.68. The largest absolute Gasteiger partial charge is 0.465 e. The van der Waals surface area contributed by atoms with E-state index >= 15 is 0 Å². The predicted molar refractivity (Wildman–Crippen MR) is 86.8 cm³/mol. The van der Waals surface area contributed by atoms with Gasteiger partial charge in [-0.3, -0.25) is 4.72 Å². The van der Waals surface area contributed by atoms with Crippen LogP contribution < -0.4 is 4.72 Å². The van der Waals surface area contributed by atoms with Crippen molar-refractivity contribution < 1.29 is 17.9 Å². The van der Waals surface area contributed by atoms with Crippen LogP contribution in [0.25, 0.3) is 0 Å². The molecule has 8 heteroatoms. The molecule has 0 saturated heterocycles. The van der Waals surface area contributed by atoms with E-state index in [9.17, 15) is 13.5 Å². The van der Waals surface area contributed by atoms with Gasteiger partial charge in [0.2, 0.25) is 0 Å². The molecule has 1 heterocycles. The van der Waals surface area contributed by atoms with Crippen LogP contribution in [-0.4, -0.2) is 13.5 Å². The summed E-state index contributed by atoms with van der Waals surface area (Å²) < 4.78 is 34.3.